The Morgan fingerprint density at radius 3 is 2.71 bits per heavy atom. The molecule has 21 heavy (non-hydrogen) atoms. The summed E-state index contributed by atoms with van der Waals surface area (Å²) in [5.41, 5.74) is 2.78. The average molecular weight is 283 g/mol. The van der Waals surface area contributed by atoms with Crippen molar-refractivity contribution in [3.8, 4) is 11.5 Å². The van der Waals surface area contributed by atoms with Crippen molar-refractivity contribution in [3.05, 3.63) is 53.6 Å². The van der Waals surface area contributed by atoms with Gasteiger partial charge < -0.3 is 14.8 Å². The zero-order valence-corrected chi connectivity index (χ0v) is 11.9. The van der Waals surface area contributed by atoms with E-state index in [1.165, 1.54) is 0 Å². The van der Waals surface area contributed by atoms with Crippen LogP contribution < -0.4 is 14.8 Å². The van der Waals surface area contributed by atoms with Gasteiger partial charge in [0.2, 0.25) is 6.79 Å². The molecule has 0 spiro atoms. The normalized spacial score (nSPS) is 12.2. The third kappa shape index (κ3) is 2.84. The van der Waals surface area contributed by atoms with E-state index < -0.39 is 0 Å². The number of nitrogens with one attached hydrogen (secondary N) is 1. The summed E-state index contributed by atoms with van der Waals surface area (Å²) in [5.74, 6) is 1.76. The van der Waals surface area contributed by atoms with Crippen LogP contribution in [0.3, 0.4) is 0 Å². The summed E-state index contributed by atoms with van der Waals surface area (Å²) in [6.07, 6.45) is 0.528. The standard InChI is InChI=1S/C17H17NO3/c1-2-15(19)12-6-8-14(9-7-12)18-10-13-4-3-5-16-17(13)21-11-20-16/h3-9,18H,2,10-11H2,1H3. The van der Waals surface area contributed by atoms with Crippen LogP contribution in [0.25, 0.3) is 0 Å². The molecule has 0 unspecified atom stereocenters. The fourth-order valence-corrected chi connectivity index (χ4v) is 2.31. The minimum absolute atomic E-state index is 0.160. The van der Waals surface area contributed by atoms with Crippen molar-refractivity contribution >= 4 is 11.5 Å². The van der Waals surface area contributed by atoms with Crippen LogP contribution >= 0.6 is 0 Å². The summed E-state index contributed by atoms with van der Waals surface area (Å²) >= 11 is 0. The number of carbonyl (C=O) groups is 1. The second-order valence-electron chi connectivity index (χ2n) is 4.86. The molecule has 0 fully saturated rings. The van der Waals surface area contributed by atoms with Crippen LogP contribution in [0.15, 0.2) is 42.5 Å². The Balaban J connectivity index is 1.68. The molecule has 0 atom stereocenters. The van der Waals surface area contributed by atoms with Crippen LogP contribution in [0, 0.1) is 0 Å². The molecule has 108 valence electrons. The summed E-state index contributed by atoms with van der Waals surface area (Å²) in [5, 5.41) is 3.33. The van der Waals surface area contributed by atoms with Gasteiger partial charge in [0.15, 0.2) is 17.3 Å². The first-order valence-electron chi connectivity index (χ1n) is 7.02. The first kappa shape index (κ1) is 13.5. The number of benzene rings is 2. The number of Topliss-reactive ketones (excluding diaryl/α,β-unsaturated/α-hetero) is 1. The number of fused-ring (bicyclic) bond motifs is 1. The van der Waals surface area contributed by atoms with E-state index >= 15 is 0 Å². The Labute approximate surface area is 123 Å². The second kappa shape index (κ2) is 5.87. The number of anilines is 1. The number of ketones is 1. The van der Waals surface area contributed by atoms with Gasteiger partial charge in [-0.25, -0.2) is 0 Å². The van der Waals surface area contributed by atoms with Gasteiger partial charge in [-0.05, 0) is 30.3 Å². The first-order chi connectivity index (χ1) is 10.3. The van der Waals surface area contributed by atoms with Gasteiger partial charge in [-0.3, -0.25) is 4.79 Å². The minimum atomic E-state index is 0.160. The number of para-hydroxylation sites is 1. The molecule has 0 amide bonds. The molecule has 0 aliphatic carbocycles. The van der Waals surface area contributed by atoms with E-state index in [1.807, 2.05) is 49.4 Å². The van der Waals surface area contributed by atoms with Crippen molar-refractivity contribution in [3.63, 3.8) is 0 Å². The molecule has 0 aromatic heterocycles. The summed E-state index contributed by atoms with van der Waals surface area (Å²) in [6.45, 7) is 2.79. The number of hydrogen-bond acceptors (Lipinski definition) is 4. The molecule has 1 aliphatic rings. The van der Waals surface area contributed by atoms with E-state index in [0.717, 1.165) is 28.3 Å². The zero-order valence-electron chi connectivity index (χ0n) is 11.9. The molecular formula is C17H17NO3. The largest absolute Gasteiger partial charge is 0.454 e. The van der Waals surface area contributed by atoms with Crippen LogP contribution in [0.2, 0.25) is 0 Å². The summed E-state index contributed by atoms with van der Waals surface area (Å²) in [6, 6.07) is 13.4. The van der Waals surface area contributed by atoms with Gasteiger partial charge in [-0.2, -0.15) is 0 Å². The number of carbonyl (C=O) groups excluding carboxylic acids is 1. The molecule has 1 aliphatic heterocycles. The fraction of sp³-hybridized carbons (Fsp3) is 0.235. The highest BCUT2D eigenvalue weighted by atomic mass is 16.7. The smallest absolute Gasteiger partial charge is 0.231 e. The topological polar surface area (TPSA) is 47.6 Å². The van der Waals surface area contributed by atoms with Crippen molar-refractivity contribution < 1.29 is 14.3 Å². The van der Waals surface area contributed by atoms with Gasteiger partial charge in [0.25, 0.3) is 0 Å². The predicted molar refractivity (Wildman–Crippen MR) is 81.0 cm³/mol. The second-order valence-corrected chi connectivity index (χ2v) is 4.86. The van der Waals surface area contributed by atoms with Gasteiger partial charge in [0, 0.05) is 29.8 Å². The molecular weight excluding hydrogens is 266 g/mol. The lowest BCUT2D eigenvalue weighted by Crippen LogP contribution is -2.02. The Bertz CT molecular complexity index is 650. The van der Waals surface area contributed by atoms with E-state index in [0.29, 0.717) is 13.0 Å². The van der Waals surface area contributed by atoms with Crippen molar-refractivity contribution in [2.75, 3.05) is 12.1 Å². The summed E-state index contributed by atoms with van der Waals surface area (Å²) in [4.78, 5) is 11.6. The highest BCUT2D eigenvalue weighted by Crippen LogP contribution is 2.35. The van der Waals surface area contributed by atoms with Crippen molar-refractivity contribution in [2.45, 2.75) is 19.9 Å². The lowest BCUT2D eigenvalue weighted by molar-refractivity contribution is 0.0988. The minimum Gasteiger partial charge on any atom is -0.454 e. The number of hydrogen-bond donors (Lipinski definition) is 1. The SMILES string of the molecule is CCC(=O)c1ccc(NCc2cccc3c2OCO3)cc1. The Morgan fingerprint density at radius 1 is 1.14 bits per heavy atom. The molecule has 1 N–H and O–H groups in total. The lowest BCUT2D eigenvalue weighted by atomic mass is 10.1. The maximum absolute atomic E-state index is 11.6. The molecule has 0 saturated heterocycles. The zero-order chi connectivity index (χ0) is 14.7. The van der Waals surface area contributed by atoms with Crippen LogP contribution in [0.4, 0.5) is 5.69 Å². The summed E-state index contributed by atoms with van der Waals surface area (Å²) in [7, 11) is 0. The highest BCUT2D eigenvalue weighted by molar-refractivity contribution is 5.96. The van der Waals surface area contributed by atoms with Gasteiger partial charge >= 0.3 is 0 Å². The fourth-order valence-electron chi connectivity index (χ4n) is 2.31. The van der Waals surface area contributed by atoms with E-state index in [1.54, 1.807) is 0 Å². The molecule has 2 aromatic carbocycles. The van der Waals surface area contributed by atoms with Crippen molar-refractivity contribution in [1.82, 2.24) is 0 Å². The molecule has 0 radical (unpaired) electrons. The highest BCUT2D eigenvalue weighted by Gasteiger charge is 2.16. The van der Waals surface area contributed by atoms with Gasteiger partial charge in [0.05, 0.1) is 0 Å². The number of rotatable bonds is 5. The predicted octanol–water partition coefficient (Wildman–Crippen LogP) is 3.62. The van der Waals surface area contributed by atoms with Gasteiger partial charge in [0.1, 0.15) is 0 Å². The van der Waals surface area contributed by atoms with Crippen molar-refractivity contribution in [1.29, 1.82) is 0 Å². The van der Waals surface area contributed by atoms with E-state index in [4.69, 9.17) is 9.47 Å². The third-order valence-electron chi connectivity index (χ3n) is 3.49. The van der Waals surface area contributed by atoms with E-state index in [-0.39, 0.29) is 12.6 Å². The molecule has 0 bridgehead atoms. The number of ether oxygens (including phenoxy) is 2. The van der Waals surface area contributed by atoms with Crippen LogP contribution in [-0.2, 0) is 6.54 Å². The maximum atomic E-state index is 11.6. The van der Waals surface area contributed by atoms with Crippen molar-refractivity contribution in [2.24, 2.45) is 0 Å². The average Bonchev–Trinajstić information content (AvgIpc) is 3.02. The molecule has 1 heterocycles. The Kier molecular flexibility index (Phi) is 3.77. The summed E-state index contributed by atoms with van der Waals surface area (Å²) < 4.78 is 10.8. The van der Waals surface area contributed by atoms with E-state index in [9.17, 15) is 4.79 Å². The lowest BCUT2D eigenvalue weighted by Gasteiger charge is -2.09. The van der Waals surface area contributed by atoms with Crippen LogP contribution in [-0.4, -0.2) is 12.6 Å². The molecule has 0 saturated carbocycles. The van der Waals surface area contributed by atoms with Crippen LogP contribution in [0.1, 0.15) is 29.3 Å². The van der Waals surface area contributed by atoms with Crippen LogP contribution in [0.5, 0.6) is 11.5 Å². The van der Waals surface area contributed by atoms with E-state index in [2.05, 4.69) is 5.32 Å². The van der Waals surface area contributed by atoms with Gasteiger partial charge in [-0.1, -0.05) is 19.1 Å². The molecule has 4 nitrogen and oxygen atoms in total. The molecule has 2 aromatic rings. The van der Waals surface area contributed by atoms with Gasteiger partial charge in [-0.15, -0.1) is 0 Å². The third-order valence-corrected chi connectivity index (χ3v) is 3.49. The molecule has 3 rings (SSSR count). The Hall–Kier alpha value is -2.49. The first-order valence-corrected chi connectivity index (χ1v) is 7.02. The monoisotopic (exact) mass is 283 g/mol. The molecule has 4 heteroatoms. The Morgan fingerprint density at radius 2 is 1.95 bits per heavy atom. The maximum Gasteiger partial charge on any atom is 0.231 e. The quantitative estimate of drug-likeness (QED) is 0.851.